The van der Waals surface area contributed by atoms with E-state index in [9.17, 15) is 27.6 Å². The molecule has 0 aliphatic carbocycles. The molecule has 0 aromatic heterocycles. The highest BCUT2D eigenvalue weighted by Crippen LogP contribution is 2.38. The van der Waals surface area contributed by atoms with Crippen LogP contribution in [0.1, 0.15) is 50.0 Å². The molecule has 0 spiro atoms. The number of amides is 5. The van der Waals surface area contributed by atoms with Crippen molar-refractivity contribution in [3.63, 3.8) is 0 Å². The Morgan fingerprint density at radius 3 is 2.22 bits per heavy atom. The van der Waals surface area contributed by atoms with E-state index in [-0.39, 0.29) is 30.1 Å². The highest BCUT2D eigenvalue weighted by Gasteiger charge is 2.30. The Bertz CT molecular complexity index is 1360. The van der Waals surface area contributed by atoms with Crippen LogP contribution in [0.4, 0.5) is 21.9 Å². The number of carbonyl (C=O) groups is 4. The van der Waals surface area contributed by atoms with Gasteiger partial charge in [-0.1, -0.05) is 20.8 Å². The predicted molar refractivity (Wildman–Crippen MR) is 140 cm³/mol. The van der Waals surface area contributed by atoms with E-state index in [4.69, 9.17) is 4.74 Å². The fourth-order valence-corrected chi connectivity index (χ4v) is 4.98. The fourth-order valence-electron chi connectivity index (χ4n) is 4.01. The molecule has 1 heterocycles. The van der Waals surface area contributed by atoms with Gasteiger partial charge in [-0.25, -0.2) is 17.5 Å². The van der Waals surface area contributed by atoms with Crippen LogP contribution in [-0.4, -0.2) is 52.1 Å². The fraction of sp³-hybridized carbons (Fsp3) is 0.360. The van der Waals surface area contributed by atoms with Crippen molar-refractivity contribution in [1.82, 2.24) is 5.32 Å². The quantitative estimate of drug-likeness (QED) is 0.585. The van der Waals surface area contributed by atoms with Crippen LogP contribution >= 0.6 is 0 Å². The van der Waals surface area contributed by atoms with E-state index in [0.29, 0.717) is 27.0 Å². The normalized spacial score (nSPS) is 14.2. The highest BCUT2D eigenvalue weighted by atomic mass is 32.2. The van der Waals surface area contributed by atoms with Gasteiger partial charge < -0.3 is 10.1 Å². The second-order valence-corrected chi connectivity index (χ2v) is 11.5. The Labute approximate surface area is 215 Å². The zero-order valence-electron chi connectivity index (χ0n) is 21.5. The van der Waals surface area contributed by atoms with Gasteiger partial charge >= 0.3 is 6.03 Å². The second kappa shape index (κ2) is 10.2. The molecule has 0 atom stereocenters. The Balaban J connectivity index is 2.01. The smallest absolute Gasteiger partial charge is 0.328 e. The van der Waals surface area contributed by atoms with Gasteiger partial charge in [0.15, 0.2) is 0 Å². The molecule has 12 heteroatoms. The van der Waals surface area contributed by atoms with E-state index in [1.807, 2.05) is 20.8 Å². The lowest BCUT2D eigenvalue weighted by Gasteiger charge is -2.30. The molecule has 2 N–H and O–H groups in total. The first kappa shape index (κ1) is 27.7. The molecule has 5 amide bonds. The van der Waals surface area contributed by atoms with E-state index in [1.165, 1.54) is 42.3 Å². The Morgan fingerprint density at radius 2 is 1.73 bits per heavy atom. The minimum Gasteiger partial charge on any atom is -0.496 e. The summed E-state index contributed by atoms with van der Waals surface area (Å²) in [5.74, 6) is -1.24. The first-order chi connectivity index (χ1) is 17.1. The van der Waals surface area contributed by atoms with Crippen molar-refractivity contribution >= 4 is 50.8 Å². The zero-order chi connectivity index (χ0) is 27.7. The van der Waals surface area contributed by atoms with Crippen molar-refractivity contribution in [1.29, 1.82) is 0 Å². The molecule has 1 aliphatic rings. The number of urea groups is 1. The van der Waals surface area contributed by atoms with Crippen LogP contribution in [0.25, 0.3) is 0 Å². The van der Waals surface area contributed by atoms with Crippen LogP contribution in [-0.2, 0) is 25.0 Å². The summed E-state index contributed by atoms with van der Waals surface area (Å²) >= 11 is 0. The minimum absolute atomic E-state index is 0.126. The SMILES string of the molecule is COc1c(C(=O)Nc2ccc(N(C(C)=O)S(C)(=O)=O)cc2)cc(N2CCC(=O)NC2=O)cc1C(C)(C)C. The predicted octanol–water partition coefficient (Wildman–Crippen LogP) is 3.00. The average molecular weight is 531 g/mol. The van der Waals surface area contributed by atoms with Crippen molar-refractivity contribution in [3.05, 3.63) is 47.5 Å². The number of hydrogen-bond donors (Lipinski definition) is 2. The number of nitrogens with one attached hydrogen (secondary N) is 2. The third kappa shape index (κ3) is 6.08. The molecule has 2 aromatic rings. The molecular weight excluding hydrogens is 500 g/mol. The zero-order valence-corrected chi connectivity index (χ0v) is 22.4. The van der Waals surface area contributed by atoms with Crippen LogP contribution < -0.4 is 24.6 Å². The molecule has 198 valence electrons. The first-order valence-electron chi connectivity index (χ1n) is 11.4. The molecule has 1 saturated heterocycles. The third-order valence-electron chi connectivity index (χ3n) is 5.67. The van der Waals surface area contributed by atoms with Crippen molar-refractivity contribution in [3.8, 4) is 5.75 Å². The molecule has 11 nitrogen and oxygen atoms in total. The number of methoxy groups -OCH3 is 1. The summed E-state index contributed by atoms with van der Waals surface area (Å²) in [7, 11) is -2.38. The summed E-state index contributed by atoms with van der Waals surface area (Å²) < 4.78 is 30.2. The number of benzene rings is 2. The maximum Gasteiger partial charge on any atom is 0.328 e. The van der Waals surface area contributed by atoms with Gasteiger partial charge in [0.25, 0.3) is 5.91 Å². The summed E-state index contributed by atoms with van der Waals surface area (Å²) in [5.41, 5.74) is 1.30. The lowest BCUT2D eigenvalue weighted by atomic mass is 9.84. The van der Waals surface area contributed by atoms with Crippen LogP contribution in [0.3, 0.4) is 0 Å². The molecule has 0 radical (unpaired) electrons. The second-order valence-electron chi connectivity index (χ2n) is 9.63. The summed E-state index contributed by atoms with van der Waals surface area (Å²) in [6.07, 6.45) is 1.05. The number of rotatable bonds is 6. The lowest BCUT2D eigenvalue weighted by molar-refractivity contribution is -0.120. The van der Waals surface area contributed by atoms with Crippen molar-refractivity contribution in [2.45, 2.75) is 39.5 Å². The van der Waals surface area contributed by atoms with Crippen LogP contribution in [0, 0.1) is 0 Å². The van der Waals surface area contributed by atoms with E-state index < -0.39 is 33.3 Å². The molecular formula is C25H30N4O7S. The lowest BCUT2D eigenvalue weighted by Crippen LogP contribution is -2.49. The number of imide groups is 1. The van der Waals surface area contributed by atoms with Crippen LogP contribution in [0.15, 0.2) is 36.4 Å². The van der Waals surface area contributed by atoms with Gasteiger partial charge in [0, 0.05) is 36.8 Å². The topological polar surface area (TPSA) is 142 Å². The van der Waals surface area contributed by atoms with Gasteiger partial charge in [-0.15, -0.1) is 0 Å². The molecule has 2 aromatic carbocycles. The largest absolute Gasteiger partial charge is 0.496 e. The van der Waals surface area contributed by atoms with Crippen LogP contribution in [0.2, 0.25) is 0 Å². The average Bonchev–Trinajstić information content (AvgIpc) is 2.77. The Hall–Kier alpha value is -3.93. The molecule has 0 bridgehead atoms. The van der Waals surface area contributed by atoms with Crippen LogP contribution in [0.5, 0.6) is 5.75 Å². The molecule has 1 fully saturated rings. The number of carbonyl (C=O) groups excluding carboxylic acids is 4. The maximum absolute atomic E-state index is 13.4. The van der Waals surface area contributed by atoms with Gasteiger partial charge in [-0.05, 0) is 41.8 Å². The number of hydrogen-bond acceptors (Lipinski definition) is 7. The monoisotopic (exact) mass is 530 g/mol. The standard InChI is InChI=1S/C25H30N4O7S/c1-15(30)29(37(6,34)35)17-9-7-16(8-10-17)26-23(32)19-13-18(28-12-11-21(31)27-24(28)33)14-20(22(19)36-5)25(2,3)4/h7-10,13-14H,11-12H2,1-6H3,(H,26,32)(H,27,31,33). The van der Waals surface area contributed by atoms with Gasteiger partial charge in [0.1, 0.15) is 5.75 Å². The number of nitrogens with zero attached hydrogens (tertiary/aromatic N) is 2. The molecule has 1 aliphatic heterocycles. The highest BCUT2D eigenvalue weighted by molar-refractivity contribution is 7.92. The van der Waals surface area contributed by atoms with Crippen molar-refractivity contribution in [2.24, 2.45) is 0 Å². The molecule has 0 saturated carbocycles. The first-order valence-corrected chi connectivity index (χ1v) is 13.2. The van der Waals surface area contributed by atoms with Gasteiger partial charge in [-0.3, -0.25) is 24.6 Å². The summed E-state index contributed by atoms with van der Waals surface area (Å²) in [6.45, 7) is 7.13. The van der Waals surface area contributed by atoms with E-state index >= 15 is 0 Å². The Morgan fingerprint density at radius 1 is 1.11 bits per heavy atom. The third-order valence-corrected chi connectivity index (χ3v) is 6.80. The summed E-state index contributed by atoms with van der Waals surface area (Å²) in [4.78, 5) is 50.7. The van der Waals surface area contributed by atoms with Gasteiger partial charge in [0.05, 0.1) is 24.6 Å². The minimum atomic E-state index is -3.83. The van der Waals surface area contributed by atoms with Crippen molar-refractivity contribution in [2.75, 3.05) is 34.4 Å². The van der Waals surface area contributed by atoms with E-state index in [1.54, 1.807) is 6.07 Å². The molecule has 0 unspecified atom stereocenters. The number of sulfonamides is 1. The summed E-state index contributed by atoms with van der Waals surface area (Å²) in [5, 5.41) is 5.03. The summed E-state index contributed by atoms with van der Waals surface area (Å²) in [6, 6.07) is 8.46. The Kier molecular flexibility index (Phi) is 7.63. The molecule has 37 heavy (non-hydrogen) atoms. The van der Waals surface area contributed by atoms with Gasteiger partial charge in [0.2, 0.25) is 21.8 Å². The molecule has 3 rings (SSSR count). The van der Waals surface area contributed by atoms with E-state index in [2.05, 4.69) is 10.6 Å². The van der Waals surface area contributed by atoms with E-state index in [0.717, 1.165) is 13.2 Å². The number of ether oxygens (including phenoxy) is 1. The van der Waals surface area contributed by atoms with Crippen molar-refractivity contribution < 1.29 is 32.3 Å². The van der Waals surface area contributed by atoms with Gasteiger partial charge in [-0.2, -0.15) is 0 Å². The number of anilines is 3. The maximum atomic E-state index is 13.4.